The average Bonchev–Trinajstić information content (AvgIpc) is 2.17. The van der Waals surface area contributed by atoms with E-state index in [0.717, 1.165) is 6.08 Å². The Balaban J connectivity index is 0.00000225. The number of rotatable bonds is 3. The van der Waals surface area contributed by atoms with E-state index in [4.69, 9.17) is 10.2 Å². The zero-order chi connectivity index (χ0) is 11.4. The maximum atomic E-state index is 10.7. The van der Waals surface area contributed by atoms with E-state index in [1.807, 2.05) is 0 Å². The standard InChI is InChI=1S/C10H6O5.H2O/c11-5-4-6-7(9(12)13)2-1-3-8(6)10(14)15;/h1-4H,(H,12,13)(H,14,15);1H2. The molecule has 0 aromatic heterocycles. The molecule has 0 unspecified atom stereocenters. The molecule has 4 N–H and O–H groups in total. The van der Waals surface area contributed by atoms with Crippen molar-refractivity contribution in [2.45, 2.75) is 0 Å². The van der Waals surface area contributed by atoms with Crippen molar-refractivity contribution in [3.8, 4) is 0 Å². The van der Waals surface area contributed by atoms with Crippen LogP contribution in [0.3, 0.4) is 0 Å². The van der Waals surface area contributed by atoms with Gasteiger partial charge < -0.3 is 15.7 Å². The largest absolute Gasteiger partial charge is 0.478 e. The van der Waals surface area contributed by atoms with Gasteiger partial charge in [0.15, 0.2) is 0 Å². The van der Waals surface area contributed by atoms with Gasteiger partial charge in [-0.15, -0.1) is 0 Å². The summed E-state index contributed by atoms with van der Waals surface area (Å²) in [6, 6.07) is 3.74. The Labute approximate surface area is 89.8 Å². The molecule has 0 spiro atoms. The molecule has 0 amide bonds. The average molecular weight is 224 g/mol. The molecule has 0 saturated heterocycles. The molecule has 1 aromatic rings. The van der Waals surface area contributed by atoms with Gasteiger partial charge in [-0.2, -0.15) is 0 Å². The number of aromatic carboxylic acids is 2. The Morgan fingerprint density at radius 1 is 1.12 bits per heavy atom. The molecule has 0 aliphatic carbocycles. The smallest absolute Gasteiger partial charge is 0.336 e. The van der Waals surface area contributed by atoms with Crippen LogP contribution in [0.5, 0.6) is 0 Å². The molecule has 1 rings (SSSR count). The van der Waals surface area contributed by atoms with Gasteiger partial charge in [-0.1, -0.05) is 6.07 Å². The van der Waals surface area contributed by atoms with Crippen molar-refractivity contribution in [3.05, 3.63) is 34.9 Å². The first-order valence-electron chi connectivity index (χ1n) is 3.88. The zero-order valence-electron chi connectivity index (χ0n) is 7.93. The summed E-state index contributed by atoms with van der Waals surface area (Å²) in [5.74, 6) is -1.21. The molecule has 0 aliphatic rings. The summed E-state index contributed by atoms with van der Waals surface area (Å²) in [5, 5.41) is 17.5. The highest BCUT2D eigenvalue weighted by molar-refractivity contribution is 6.02. The second kappa shape index (κ2) is 5.45. The molecule has 6 heteroatoms. The van der Waals surface area contributed by atoms with E-state index >= 15 is 0 Å². The van der Waals surface area contributed by atoms with Crippen molar-refractivity contribution in [1.82, 2.24) is 0 Å². The third kappa shape index (κ3) is 2.54. The predicted octanol–water partition coefficient (Wildman–Crippen LogP) is 0.103. The van der Waals surface area contributed by atoms with E-state index in [1.54, 1.807) is 0 Å². The van der Waals surface area contributed by atoms with Crippen LogP contribution in [-0.2, 0) is 4.79 Å². The number of hydrogen-bond acceptors (Lipinski definition) is 3. The van der Waals surface area contributed by atoms with Gasteiger partial charge in [0.05, 0.1) is 11.1 Å². The number of benzene rings is 1. The SMILES string of the molecule is O.O=C=Cc1c(C(=O)O)cccc1C(=O)O. The zero-order valence-corrected chi connectivity index (χ0v) is 7.93. The summed E-state index contributed by atoms with van der Waals surface area (Å²) in [5.41, 5.74) is -0.621. The summed E-state index contributed by atoms with van der Waals surface area (Å²) in [6.07, 6.45) is 0.799. The number of hydrogen-bond donors (Lipinski definition) is 2. The molecule has 1 aromatic carbocycles. The van der Waals surface area contributed by atoms with Gasteiger partial charge in [-0.05, 0) is 12.1 Å². The van der Waals surface area contributed by atoms with Crippen LogP contribution >= 0.6 is 0 Å². The van der Waals surface area contributed by atoms with E-state index in [2.05, 4.69) is 0 Å². The Bertz CT molecular complexity index is 438. The maximum absolute atomic E-state index is 10.7. The maximum Gasteiger partial charge on any atom is 0.336 e. The summed E-state index contributed by atoms with van der Waals surface area (Å²) in [6.45, 7) is 0. The van der Waals surface area contributed by atoms with Crippen LogP contribution < -0.4 is 0 Å². The minimum absolute atomic E-state index is 0. The second-order valence-electron chi connectivity index (χ2n) is 2.64. The molecule has 84 valence electrons. The predicted molar refractivity (Wildman–Crippen MR) is 54.1 cm³/mol. The summed E-state index contributed by atoms with van der Waals surface area (Å²) < 4.78 is 0. The normalized spacial score (nSPS) is 8.50. The lowest BCUT2D eigenvalue weighted by Crippen LogP contribution is -2.06. The number of carbonyl (C=O) groups is 2. The van der Waals surface area contributed by atoms with Crippen molar-refractivity contribution in [2.75, 3.05) is 0 Å². The van der Waals surface area contributed by atoms with Crippen LogP contribution in [0, 0.1) is 0 Å². The second-order valence-corrected chi connectivity index (χ2v) is 2.64. The molecule has 0 atom stereocenters. The van der Waals surface area contributed by atoms with Gasteiger partial charge in [0.1, 0.15) is 5.94 Å². The van der Waals surface area contributed by atoms with Crippen molar-refractivity contribution in [1.29, 1.82) is 0 Å². The van der Waals surface area contributed by atoms with E-state index in [9.17, 15) is 14.4 Å². The fourth-order valence-electron chi connectivity index (χ4n) is 1.15. The molecule has 0 bridgehead atoms. The first kappa shape index (κ1) is 13.6. The first-order valence-corrected chi connectivity index (χ1v) is 3.88. The molecule has 0 fully saturated rings. The van der Waals surface area contributed by atoms with Gasteiger partial charge in [-0.25, -0.2) is 14.4 Å². The van der Waals surface area contributed by atoms with Crippen LogP contribution in [0.1, 0.15) is 26.3 Å². The quantitative estimate of drug-likeness (QED) is 0.705. The van der Waals surface area contributed by atoms with Crippen molar-refractivity contribution < 1.29 is 30.1 Å². The molecule has 0 saturated carbocycles. The minimum Gasteiger partial charge on any atom is -0.478 e. The highest BCUT2D eigenvalue weighted by atomic mass is 16.4. The number of carboxylic acid groups (broad SMARTS) is 2. The van der Waals surface area contributed by atoms with Crippen LogP contribution in [0.25, 0.3) is 6.08 Å². The Morgan fingerprint density at radius 3 is 1.88 bits per heavy atom. The summed E-state index contributed by atoms with van der Waals surface area (Å²) >= 11 is 0. The van der Waals surface area contributed by atoms with Gasteiger partial charge in [0.2, 0.25) is 0 Å². The Hall–Kier alpha value is -2.43. The van der Waals surface area contributed by atoms with Crippen LogP contribution in [0.4, 0.5) is 0 Å². The molecule has 16 heavy (non-hydrogen) atoms. The third-order valence-electron chi connectivity index (χ3n) is 1.77. The Kier molecular flexibility index (Phi) is 4.62. The van der Waals surface area contributed by atoms with Crippen LogP contribution in [0.2, 0.25) is 0 Å². The van der Waals surface area contributed by atoms with E-state index in [0.29, 0.717) is 0 Å². The monoisotopic (exact) mass is 224 g/mol. The lowest BCUT2D eigenvalue weighted by atomic mass is 10.0. The fraction of sp³-hybridized carbons (Fsp3) is 0. The van der Waals surface area contributed by atoms with Gasteiger partial charge in [0, 0.05) is 11.6 Å². The minimum atomic E-state index is -1.29. The highest BCUT2D eigenvalue weighted by Gasteiger charge is 2.15. The summed E-state index contributed by atoms with van der Waals surface area (Å²) in [7, 11) is 0. The lowest BCUT2D eigenvalue weighted by molar-refractivity contribution is 0.0696. The first-order chi connectivity index (χ1) is 7.07. The molecule has 6 nitrogen and oxygen atoms in total. The third-order valence-corrected chi connectivity index (χ3v) is 1.77. The molecule has 0 aliphatic heterocycles. The van der Waals surface area contributed by atoms with Gasteiger partial charge in [0.25, 0.3) is 0 Å². The highest BCUT2D eigenvalue weighted by Crippen LogP contribution is 2.16. The van der Waals surface area contributed by atoms with Crippen LogP contribution in [0.15, 0.2) is 18.2 Å². The van der Waals surface area contributed by atoms with Gasteiger partial charge >= 0.3 is 11.9 Å². The molecular weight excluding hydrogens is 216 g/mol. The fourth-order valence-corrected chi connectivity index (χ4v) is 1.15. The van der Waals surface area contributed by atoms with Crippen molar-refractivity contribution in [3.63, 3.8) is 0 Å². The van der Waals surface area contributed by atoms with Crippen LogP contribution in [-0.4, -0.2) is 33.6 Å². The number of carbonyl (C=O) groups excluding carboxylic acids is 1. The molecular formula is C10H8O6. The van der Waals surface area contributed by atoms with E-state index in [-0.39, 0.29) is 22.2 Å². The topological polar surface area (TPSA) is 123 Å². The Morgan fingerprint density at radius 2 is 1.56 bits per heavy atom. The van der Waals surface area contributed by atoms with E-state index in [1.165, 1.54) is 24.1 Å². The molecule has 0 radical (unpaired) electrons. The van der Waals surface area contributed by atoms with Gasteiger partial charge in [-0.3, -0.25) is 0 Å². The van der Waals surface area contributed by atoms with Crippen molar-refractivity contribution in [2.24, 2.45) is 0 Å². The van der Waals surface area contributed by atoms with Crippen molar-refractivity contribution >= 4 is 24.0 Å². The van der Waals surface area contributed by atoms with E-state index < -0.39 is 11.9 Å². The molecule has 0 heterocycles. The number of carboxylic acids is 2. The summed E-state index contributed by atoms with van der Waals surface area (Å²) in [4.78, 5) is 31.6. The lowest BCUT2D eigenvalue weighted by Gasteiger charge is -2.03.